The minimum Gasteiger partial charge on any atom is -0.494 e. The lowest BCUT2D eigenvalue weighted by atomic mass is 10.0. The predicted molar refractivity (Wildman–Crippen MR) is 105 cm³/mol. The van der Waals surface area contributed by atoms with Gasteiger partial charge in [-0.1, -0.05) is 60.7 Å². The van der Waals surface area contributed by atoms with E-state index in [9.17, 15) is 20.1 Å². The lowest BCUT2D eigenvalue weighted by Crippen LogP contribution is -2.24. The van der Waals surface area contributed by atoms with Crippen LogP contribution in [0.5, 0.6) is 11.6 Å². The summed E-state index contributed by atoms with van der Waals surface area (Å²) in [6.45, 7) is 1.35. The number of rotatable bonds is 7. The molecular formula is C22H23NO5. The first-order chi connectivity index (χ1) is 13.5. The van der Waals surface area contributed by atoms with Crippen molar-refractivity contribution in [2.24, 2.45) is 0 Å². The molecule has 0 bridgehead atoms. The van der Waals surface area contributed by atoms with Gasteiger partial charge in [-0.05, 0) is 18.1 Å². The monoisotopic (exact) mass is 381 g/mol. The predicted octanol–water partition coefficient (Wildman–Crippen LogP) is 2.52. The maximum absolute atomic E-state index is 12.9. The maximum atomic E-state index is 12.9. The van der Waals surface area contributed by atoms with Crippen LogP contribution in [0.15, 0.2) is 65.5 Å². The minimum absolute atomic E-state index is 0.00781. The van der Waals surface area contributed by atoms with Crippen molar-refractivity contribution in [2.75, 3.05) is 6.61 Å². The van der Waals surface area contributed by atoms with Crippen LogP contribution in [0.1, 0.15) is 28.5 Å². The summed E-state index contributed by atoms with van der Waals surface area (Å²) in [6, 6.07) is 18.1. The van der Waals surface area contributed by atoms with E-state index >= 15 is 0 Å². The Morgan fingerprint density at radius 2 is 1.64 bits per heavy atom. The van der Waals surface area contributed by atoms with Gasteiger partial charge in [0.2, 0.25) is 5.43 Å². The van der Waals surface area contributed by atoms with Crippen LogP contribution in [0, 0.1) is 6.92 Å². The second-order valence-corrected chi connectivity index (χ2v) is 6.45. The summed E-state index contributed by atoms with van der Waals surface area (Å²) < 4.78 is 7.16. The number of aliphatic hydroxyl groups excluding tert-OH is 2. The highest BCUT2D eigenvalue weighted by Crippen LogP contribution is 2.32. The molecule has 1 unspecified atom stereocenters. The number of benzene rings is 2. The molecule has 3 rings (SSSR count). The highest BCUT2D eigenvalue weighted by atomic mass is 16.5. The fourth-order valence-electron chi connectivity index (χ4n) is 3.09. The summed E-state index contributed by atoms with van der Waals surface area (Å²) in [5, 5.41) is 30.9. The average Bonchev–Trinajstić information content (AvgIpc) is 2.74. The number of aromatic nitrogens is 1. The van der Waals surface area contributed by atoms with Crippen molar-refractivity contribution >= 4 is 0 Å². The van der Waals surface area contributed by atoms with Gasteiger partial charge in [0.15, 0.2) is 11.6 Å². The summed E-state index contributed by atoms with van der Waals surface area (Å²) >= 11 is 0. The van der Waals surface area contributed by atoms with Crippen LogP contribution in [0.4, 0.5) is 0 Å². The normalized spacial score (nSPS) is 12.0. The number of hydrogen-bond acceptors (Lipinski definition) is 5. The van der Waals surface area contributed by atoms with Gasteiger partial charge in [0.05, 0.1) is 12.2 Å². The number of nitrogens with zero attached hydrogens (tertiary/aromatic N) is 1. The number of aromatic hydroxyl groups is 1. The first kappa shape index (κ1) is 19.7. The van der Waals surface area contributed by atoms with E-state index in [2.05, 4.69) is 0 Å². The van der Waals surface area contributed by atoms with E-state index in [0.717, 1.165) is 5.56 Å². The molecule has 0 radical (unpaired) electrons. The molecule has 0 aliphatic carbocycles. The van der Waals surface area contributed by atoms with Gasteiger partial charge in [0.25, 0.3) is 0 Å². The van der Waals surface area contributed by atoms with Crippen molar-refractivity contribution in [3.05, 3.63) is 93.3 Å². The van der Waals surface area contributed by atoms with Crippen LogP contribution in [0.25, 0.3) is 0 Å². The maximum Gasteiger partial charge on any atom is 0.230 e. The van der Waals surface area contributed by atoms with Gasteiger partial charge < -0.3 is 24.6 Å². The van der Waals surface area contributed by atoms with Gasteiger partial charge in [-0.2, -0.15) is 0 Å². The molecule has 0 saturated carbocycles. The SMILES string of the molecule is Cc1c(O)n(CCO)c(C(O)c2ccccc2)c(OCc2ccccc2)c1=O. The molecule has 0 amide bonds. The van der Waals surface area contributed by atoms with E-state index < -0.39 is 11.5 Å². The Balaban J connectivity index is 2.14. The first-order valence-corrected chi connectivity index (χ1v) is 9.01. The van der Waals surface area contributed by atoms with E-state index in [4.69, 9.17) is 4.74 Å². The quantitative estimate of drug-likeness (QED) is 0.585. The number of pyridine rings is 1. The number of hydrogen-bond donors (Lipinski definition) is 3. The zero-order valence-electron chi connectivity index (χ0n) is 15.6. The van der Waals surface area contributed by atoms with Crippen molar-refractivity contribution in [3.63, 3.8) is 0 Å². The van der Waals surface area contributed by atoms with Crippen molar-refractivity contribution in [3.8, 4) is 11.6 Å². The van der Waals surface area contributed by atoms with E-state index in [1.165, 1.54) is 11.5 Å². The molecule has 3 aromatic rings. The molecule has 0 saturated heterocycles. The van der Waals surface area contributed by atoms with Crippen molar-refractivity contribution in [1.82, 2.24) is 4.57 Å². The van der Waals surface area contributed by atoms with E-state index in [1.54, 1.807) is 24.3 Å². The molecule has 0 aliphatic rings. The smallest absolute Gasteiger partial charge is 0.230 e. The fourth-order valence-corrected chi connectivity index (χ4v) is 3.09. The lowest BCUT2D eigenvalue weighted by molar-refractivity contribution is 0.185. The summed E-state index contributed by atoms with van der Waals surface area (Å²) in [7, 11) is 0. The van der Waals surface area contributed by atoms with Crippen LogP contribution < -0.4 is 10.2 Å². The number of aliphatic hydroxyl groups is 2. The third-order valence-corrected chi connectivity index (χ3v) is 4.59. The van der Waals surface area contributed by atoms with Crippen molar-refractivity contribution in [1.29, 1.82) is 0 Å². The van der Waals surface area contributed by atoms with Gasteiger partial charge >= 0.3 is 0 Å². The summed E-state index contributed by atoms with van der Waals surface area (Å²) in [4.78, 5) is 12.9. The third kappa shape index (κ3) is 3.93. The highest BCUT2D eigenvalue weighted by Gasteiger charge is 2.26. The number of ether oxygens (including phenoxy) is 1. The van der Waals surface area contributed by atoms with Crippen LogP contribution in [0.3, 0.4) is 0 Å². The van der Waals surface area contributed by atoms with Gasteiger partial charge in [0.1, 0.15) is 18.4 Å². The Morgan fingerprint density at radius 1 is 1.04 bits per heavy atom. The van der Waals surface area contributed by atoms with E-state index in [0.29, 0.717) is 5.56 Å². The molecule has 6 heteroatoms. The fraction of sp³-hybridized carbons (Fsp3) is 0.227. The molecule has 0 spiro atoms. The highest BCUT2D eigenvalue weighted by molar-refractivity contribution is 5.43. The standard InChI is InChI=1S/C22H23NO5/c1-15-19(25)21(28-14-16-8-4-2-5-9-16)18(23(12-13-24)22(15)27)20(26)17-10-6-3-7-11-17/h2-11,20,24,26-27H,12-14H2,1H3. The second kappa shape index (κ2) is 8.73. The van der Waals surface area contributed by atoms with Crippen LogP contribution in [-0.4, -0.2) is 26.5 Å². The van der Waals surface area contributed by atoms with Crippen molar-refractivity contribution in [2.45, 2.75) is 26.2 Å². The molecule has 0 fully saturated rings. The molecule has 3 N–H and O–H groups in total. The van der Waals surface area contributed by atoms with Gasteiger partial charge in [-0.3, -0.25) is 4.79 Å². The Kier molecular flexibility index (Phi) is 6.13. The topological polar surface area (TPSA) is 91.9 Å². The molecule has 0 aliphatic heterocycles. The zero-order chi connectivity index (χ0) is 20.1. The molecular weight excluding hydrogens is 358 g/mol. The Hall–Kier alpha value is -3.09. The molecule has 28 heavy (non-hydrogen) atoms. The molecule has 2 aromatic carbocycles. The van der Waals surface area contributed by atoms with E-state index in [-0.39, 0.29) is 42.6 Å². The molecule has 1 atom stereocenters. The molecule has 1 heterocycles. The largest absolute Gasteiger partial charge is 0.494 e. The lowest BCUT2D eigenvalue weighted by Gasteiger charge is -2.23. The Bertz CT molecular complexity index is 983. The Morgan fingerprint density at radius 3 is 2.25 bits per heavy atom. The van der Waals surface area contributed by atoms with Gasteiger partial charge in [0, 0.05) is 6.54 Å². The second-order valence-electron chi connectivity index (χ2n) is 6.45. The van der Waals surface area contributed by atoms with Crippen LogP contribution in [-0.2, 0) is 13.2 Å². The zero-order valence-corrected chi connectivity index (χ0v) is 15.6. The van der Waals surface area contributed by atoms with E-state index in [1.807, 2.05) is 36.4 Å². The third-order valence-electron chi connectivity index (χ3n) is 4.59. The molecule has 6 nitrogen and oxygen atoms in total. The van der Waals surface area contributed by atoms with Crippen molar-refractivity contribution < 1.29 is 20.1 Å². The first-order valence-electron chi connectivity index (χ1n) is 9.01. The van der Waals surface area contributed by atoms with Crippen LogP contribution >= 0.6 is 0 Å². The summed E-state index contributed by atoms with van der Waals surface area (Å²) in [5.74, 6) is -0.333. The van der Waals surface area contributed by atoms with Gasteiger partial charge in [-0.25, -0.2) is 0 Å². The summed E-state index contributed by atoms with van der Waals surface area (Å²) in [6.07, 6.45) is -1.21. The average molecular weight is 381 g/mol. The van der Waals surface area contributed by atoms with Crippen LogP contribution in [0.2, 0.25) is 0 Å². The van der Waals surface area contributed by atoms with Gasteiger partial charge in [-0.15, -0.1) is 0 Å². The molecule has 1 aromatic heterocycles. The minimum atomic E-state index is -1.21. The molecule has 146 valence electrons. The Labute approximate surface area is 162 Å². The summed E-state index contributed by atoms with van der Waals surface area (Å²) in [5.41, 5.74) is 1.13.